The Kier molecular flexibility index (Phi) is 6.92. The second kappa shape index (κ2) is 9.84. The minimum atomic E-state index is -0.507. The van der Waals surface area contributed by atoms with Gasteiger partial charge in [-0.15, -0.1) is 0 Å². The highest BCUT2D eigenvalue weighted by Gasteiger charge is 2.24. The summed E-state index contributed by atoms with van der Waals surface area (Å²) in [5.41, 5.74) is 4.88. The molecule has 0 radical (unpaired) electrons. The lowest BCUT2D eigenvalue weighted by Crippen LogP contribution is -2.43. The average Bonchev–Trinajstić information content (AvgIpc) is 3.11. The molecule has 2 atom stereocenters. The van der Waals surface area contributed by atoms with Gasteiger partial charge in [0.25, 0.3) is 5.91 Å². The summed E-state index contributed by atoms with van der Waals surface area (Å²) in [5.74, 6) is -0.262. The molecular formula is C25H29ClN4O2. The van der Waals surface area contributed by atoms with E-state index in [9.17, 15) is 9.90 Å². The number of hydrogen-bond acceptors (Lipinski definition) is 4. The van der Waals surface area contributed by atoms with Crippen molar-refractivity contribution in [1.82, 2.24) is 20.1 Å². The first kappa shape index (κ1) is 22.5. The Morgan fingerprint density at radius 2 is 1.94 bits per heavy atom. The van der Waals surface area contributed by atoms with Crippen molar-refractivity contribution in [2.24, 2.45) is 7.05 Å². The van der Waals surface area contributed by atoms with Gasteiger partial charge in [0.15, 0.2) is 0 Å². The van der Waals surface area contributed by atoms with E-state index >= 15 is 0 Å². The summed E-state index contributed by atoms with van der Waals surface area (Å²) in [6.45, 7) is 1.81. The number of halogens is 1. The van der Waals surface area contributed by atoms with Gasteiger partial charge in [0.1, 0.15) is 5.69 Å². The third-order valence-electron chi connectivity index (χ3n) is 6.09. The Balaban J connectivity index is 1.51. The van der Waals surface area contributed by atoms with Crippen LogP contribution in [0.3, 0.4) is 0 Å². The molecular weight excluding hydrogens is 424 g/mol. The van der Waals surface area contributed by atoms with Crippen LogP contribution in [-0.4, -0.2) is 37.9 Å². The minimum Gasteiger partial charge on any atom is -0.391 e. The van der Waals surface area contributed by atoms with Crippen molar-refractivity contribution in [1.29, 1.82) is 0 Å². The molecule has 7 heteroatoms. The number of nitrogens with zero attached hydrogens (tertiary/aromatic N) is 3. The van der Waals surface area contributed by atoms with Gasteiger partial charge >= 0.3 is 0 Å². The van der Waals surface area contributed by atoms with Gasteiger partial charge in [-0.2, -0.15) is 5.10 Å². The smallest absolute Gasteiger partial charge is 0.270 e. The number of benzene rings is 1. The highest BCUT2D eigenvalue weighted by molar-refractivity contribution is 6.32. The van der Waals surface area contributed by atoms with Crippen molar-refractivity contribution in [3.8, 4) is 11.3 Å². The number of aliphatic hydroxyl groups excluding tert-OH is 1. The van der Waals surface area contributed by atoms with E-state index in [0.29, 0.717) is 22.8 Å². The van der Waals surface area contributed by atoms with E-state index in [2.05, 4.69) is 27.5 Å². The lowest BCUT2D eigenvalue weighted by Gasteiger charge is -2.22. The second-order valence-electron chi connectivity index (χ2n) is 8.60. The fourth-order valence-electron chi connectivity index (χ4n) is 4.25. The van der Waals surface area contributed by atoms with E-state index in [1.165, 1.54) is 0 Å². The molecule has 4 rings (SSSR count). The zero-order valence-corrected chi connectivity index (χ0v) is 19.3. The van der Waals surface area contributed by atoms with Crippen molar-refractivity contribution in [3.63, 3.8) is 0 Å². The largest absolute Gasteiger partial charge is 0.391 e. The van der Waals surface area contributed by atoms with Gasteiger partial charge < -0.3 is 10.4 Å². The van der Waals surface area contributed by atoms with E-state index in [1.807, 2.05) is 38.4 Å². The minimum absolute atomic E-state index is 0.231. The molecule has 2 aromatic heterocycles. The van der Waals surface area contributed by atoms with Crippen molar-refractivity contribution < 1.29 is 9.90 Å². The van der Waals surface area contributed by atoms with E-state index < -0.39 is 6.10 Å². The third kappa shape index (κ3) is 5.19. The maximum Gasteiger partial charge on any atom is 0.270 e. The first-order chi connectivity index (χ1) is 15.4. The van der Waals surface area contributed by atoms with Crippen molar-refractivity contribution in [3.05, 3.63) is 70.1 Å². The fourth-order valence-corrected chi connectivity index (χ4v) is 4.41. The zero-order valence-electron chi connectivity index (χ0n) is 18.5. The first-order valence-corrected chi connectivity index (χ1v) is 11.5. The molecule has 2 heterocycles. The summed E-state index contributed by atoms with van der Waals surface area (Å²) in [6.07, 6.45) is 6.61. The molecule has 1 aliphatic rings. The van der Waals surface area contributed by atoms with Crippen LogP contribution in [0.2, 0.25) is 5.02 Å². The van der Waals surface area contributed by atoms with Crippen molar-refractivity contribution >= 4 is 17.5 Å². The normalized spacial score (nSPS) is 18.9. The Labute approximate surface area is 193 Å². The van der Waals surface area contributed by atoms with Gasteiger partial charge in [0.05, 0.1) is 28.6 Å². The number of carbonyl (C=O) groups excluding carboxylic acids is 1. The number of nitrogens with one attached hydrogen (secondary N) is 1. The third-order valence-corrected chi connectivity index (χ3v) is 6.60. The number of pyridine rings is 1. The number of aromatic nitrogens is 3. The maximum atomic E-state index is 12.9. The van der Waals surface area contributed by atoms with Crippen LogP contribution in [0.1, 0.15) is 59.4 Å². The molecule has 2 N–H and O–H groups in total. The number of carbonyl (C=O) groups is 1. The van der Waals surface area contributed by atoms with Crippen LogP contribution in [0.5, 0.6) is 0 Å². The van der Waals surface area contributed by atoms with Crippen molar-refractivity contribution in [2.75, 3.05) is 0 Å². The predicted octanol–water partition coefficient (Wildman–Crippen LogP) is 4.46. The summed E-state index contributed by atoms with van der Waals surface area (Å²) in [6, 6.07) is 11.7. The zero-order chi connectivity index (χ0) is 22.7. The summed E-state index contributed by atoms with van der Waals surface area (Å²) < 4.78 is 1.78. The van der Waals surface area contributed by atoms with E-state index in [4.69, 9.17) is 11.6 Å². The highest BCUT2D eigenvalue weighted by atomic mass is 35.5. The highest BCUT2D eigenvalue weighted by Crippen LogP contribution is 2.25. The number of aliphatic hydroxyl groups is 1. The molecule has 0 spiro atoms. The van der Waals surface area contributed by atoms with E-state index in [1.54, 1.807) is 10.7 Å². The van der Waals surface area contributed by atoms with Gasteiger partial charge in [-0.05, 0) is 49.4 Å². The van der Waals surface area contributed by atoms with Crippen LogP contribution in [0.4, 0.5) is 0 Å². The molecule has 6 nitrogen and oxygen atoms in total. The summed E-state index contributed by atoms with van der Waals surface area (Å²) in [5, 5.41) is 18.3. The summed E-state index contributed by atoms with van der Waals surface area (Å²) in [7, 11) is 1.90. The van der Waals surface area contributed by atoms with Crippen LogP contribution in [0.25, 0.3) is 11.3 Å². The molecule has 3 aromatic rings. The van der Waals surface area contributed by atoms with Gasteiger partial charge in [-0.3, -0.25) is 9.48 Å². The first-order valence-electron chi connectivity index (χ1n) is 11.1. The number of hydrogen-bond donors (Lipinski definition) is 2. The Hall–Kier alpha value is -2.70. The van der Waals surface area contributed by atoms with Gasteiger partial charge in [-0.1, -0.05) is 55.1 Å². The van der Waals surface area contributed by atoms with Crippen LogP contribution < -0.4 is 5.32 Å². The summed E-state index contributed by atoms with van der Waals surface area (Å²) >= 11 is 6.54. The van der Waals surface area contributed by atoms with Gasteiger partial charge in [-0.25, -0.2) is 4.98 Å². The van der Waals surface area contributed by atoms with Crippen LogP contribution in [0, 0.1) is 6.92 Å². The molecule has 1 fully saturated rings. The second-order valence-corrected chi connectivity index (χ2v) is 8.98. The number of aryl methyl sites for hydroxylation is 2. The monoisotopic (exact) mass is 452 g/mol. The molecule has 0 unspecified atom stereocenters. The van der Waals surface area contributed by atoms with Crippen LogP contribution in [-0.2, 0) is 13.5 Å². The fraction of sp³-hybridized carbons (Fsp3) is 0.400. The molecule has 168 valence electrons. The van der Waals surface area contributed by atoms with Crippen molar-refractivity contribution in [2.45, 2.75) is 57.6 Å². The standard InChI is InChI=1S/C25H29ClN4O2/c1-16-24(26)19(14-17-8-10-18(11-9-17)20-12-13-30(2)29-20)15-22(27-16)25(32)28-21-6-4-3-5-7-23(21)31/h8-13,15,21,23,31H,3-7,14H2,1-2H3,(H,28,32)/t21-,23-/m0/s1. The van der Waals surface area contributed by atoms with Gasteiger partial charge in [0.2, 0.25) is 0 Å². The molecule has 1 aromatic carbocycles. The lowest BCUT2D eigenvalue weighted by atomic mass is 10.0. The Morgan fingerprint density at radius 3 is 2.66 bits per heavy atom. The molecule has 1 saturated carbocycles. The molecule has 0 aliphatic heterocycles. The molecule has 0 bridgehead atoms. The quantitative estimate of drug-likeness (QED) is 0.560. The topological polar surface area (TPSA) is 80.0 Å². The molecule has 1 aliphatic carbocycles. The maximum absolute atomic E-state index is 12.9. The average molecular weight is 453 g/mol. The Bertz CT molecular complexity index is 1090. The lowest BCUT2D eigenvalue weighted by molar-refractivity contribution is 0.0814. The van der Waals surface area contributed by atoms with Crippen LogP contribution in [0.15, 0.2) is 42.6 Å². The molecule has 0 saturated heterocycles. The summed E-state index contributed by atoms with van der Waals surface area (Å²) in [4.78, 5) is 17.3. The number of amides is 1. The van der Waals surface area contributed by atoms with E-state index in [0.717, 1.165) is 54.5 Å². The molecule has 1 amide bonds. The molecule has 32 heavy (non-hydrogen) atoms. The Morgan fingerprint density at radius 1 is 1.19 bits per heavy atom. The SMILES string of the molecule is Cc1nc(C(=O)N[C@H]2CCCCC[C@@H]2O)cc(Cc2ccc(-c3ccn(C)n3)cc2)c1Cl. The van der Waals surface area contributed by atoms with Gasteiger partial charge in [0, 0.05) is 18.8 Å². The van der Waals surface area contributed by atoms with E-state index in [-0.39, 0.29) is 11.9 Å². The van der Waals surface area contributed by atoms with Crippen LogP contribution >= 0.6 is 11.6 Å². The predicted molar refractivity (Wildman–Crippen MR) is 126 cm³/mol. The number of rotatable bonds is 5.